The van der Waals surface area contributed by atoms with Gasteiger partial charge in [0.25, 0.3) is 0 Å². The van der Waals surface area contributed by atoms with Gasteiger partial charge in [-0.25, -0.2) is 18.1 Å². The van der Waals surface area contributed by atoms with E-state index in [2.05, 4.69) is 15.0 Å². The highest BCUT2D eigenvalue weighted by atomic mass is 32.2. The van der Waals surface area contributed by atoms with Crippen LogP contribution >= 0.6 is 0 Å². The summed E-state index contributed by atoms with van der Waals surface area (Å²) in [6.45, 7) is 5.31. The summed E-state index contributed by atoms with van der Waals surface area (Å²) in [6.07, 6.45) is 3.02. The van der Waals surface area contributed by atoms with Gasteiger partial charge in [-0.15, -0.1) is 0 Å². The van der Waals surface area contributed by atoms with Crippen molar-refractivity contribution in [3.05, 3.63) is 18.3 Å². The fraction of sp³-hybridized carbons (Fsp3) is 0.615. The van der Waals surface area contributed by atoms with Crippen molar-refractivity contribution >= 4 is 15.8 Å². The van der Waals surface area contributed by atoms with Gasteiger partial charge < -0.3 is 10.1 Å². The fourth-order valence-electron chi connectivity index (χ4n) is 2.15. The predicted molar refractivity (Wildman–Crippen MR) is 77.2 cm³/mol. The van der Waals surface area contributed by atoms with Crippen LogP contribution in [0.3, 0.4) is 0 Å². The molecule has 0 bridgehead atoms. The Bertz CT molecular complexity index is 524. The molecule has 20 heavy (non-hydrogen) atoms. The molecule has 0 saturated heterocycles. The molecule has 0 spiro atoms. The summed E-state index contributed by atoms with van der Waals surface area (Å²) in [5.74, 6) is 0.673. The van der Waals surface area contributed by atoms with E-state index < -0.39 is 10.0 Å². The van der Waals surface area contributed by atoms with Gasteiger partial charge in [0, 0.05) is 25.4 Å². The van der Waals surface area contributed by atoms with Crippen molar-refractivity contribution in [2.24, 2.45) is 0 Å². The molecule has 2 rings (SSSR count). The number of nitrogens with one attached hydrogen (secondary N) is 2. The zero-order valence-electron chi connectivity index (χ0n) is 11.8. The molecule has 1 aliphatic carbocycles. The van der Waals surface area contributed by atoms with Crippen LogP contribution in [0.1, 0.15) is 26.7 Å². The lowest BCUT2D eigenvalue weighted by Gasteiger charge is -2.34. The third-order valence-corrected chi connectivity index (χ3v) is 4.73. The summed E-state index contributed by atoms with van der Waals surface area (Å²) in [5, 5.41) is 3.03. The molecule has 1 aliphatic rings. The van der Waals surface area contributed by atoms with Gasteiger partial charge in [-0.1, -0.05) is 0 Å². The van der Waals surface area contributed by atoms with Gasteiger partial charge in [-0.2, -0.15) is 0 Å². The molecule has 0 aromatic carbocycles. The normalized spacial score (nSPS) is 22.3. The number of hydrogen-bond donors (Lipinski definition) is 2. The van der Waals surface area contributed by atoms with Crippen LogP contribution in [0.4, 0.5) is 5.82 Å². The molecule has 112 valence electrons. The van der Waals surface area contributed by atoms with Crippen LogP contribution in [-0.2, 0) is 14.8 Å². The van der Waals surface area contributed by atoms with E-state index in [1.54, 1.807) is 12.1 Å². The number of aromatic nitrogens is 1. The van der Waals surface area contributed by atoms with E-state index in [1.807, 2.05) is 13.8 Å². The number of ether oxygens (including phenoxy) is 1. The maximum absolute atomic E-state index is 12.2. The lowest BCUT2D eigenvalue weighted by molar-refractivity contribution is -0.00475. The van der Waals surface area contributed by atoms with Gasteiger partial charge in [0.05, 0.1) is 6.10 Å². The molecule has 0 atom stereocenters. The summed E-state index contributed by atoms with van der Waals surface area (Å²) in [7, 11) is -3.49. The standard InChI is InChI=1S/C13H21N3O3S/c1-3-14-13-6-5-12(9-15-13)20(17,18)16-10-7-11(8-10)19-4-2/h5-6,9-11,16H,3-4,7-8H2,1-2H3,(H,14,15). The molecular weight excluding hydrogens is 278 g/mol. The van der Waals surface area contributed by atoms with Crippen molar-refractivity contribution in [3.8, 4) is 0 Å². The van der Waals surface area contributed by atoms with Gasteiger partial charge in [0.15, 0.2) is 0 Å². The van der Waals surface area contributed by atoms with Crippen molar-refractivity contribution < 1.29 is 13.2 Å². The number of hydrogen-bond acceptors (Lipinski definition) is 5. The van der Waals surface area contributed by atoms with Crippen LogP contribution in [0, 0.1) is 0 Å². The molecule has 6 nitrogen and oxygen atoms in total. The first kappa shape index (κ1) is 15.2. The van der Waals surface area contributed by atoms with Crippen LogP contribution in [0.25, 0.3) is 0 Å². The highest BCUT2D eigenvalue weighted by Crippen LogP contribution is 2.25. The Balaban J connectivity index is 1.93. The number of nitrogens with zero attached hydrogens (tertiary/aromatic N) is 1. The Morgan fingerprint density at radius 3 is 2.65 bits per heavy atom. The van der Waals surface area contributed by atoms with E-state index in [9.17, 15) is 8.42 Å². The number of rotatable bonds is 7. The van der Waals surface area contributed by atoms with Gasteiger partial charge in [-0.05, 0) is 38.8 Å². The first-order valence-corrected chi connectivity index (χ1v) is 8.37. The summed E-state index contributed by atoms with van der Waals surface area (Å²) >= 11 is 0. The van der Waals surface area contributed by atoms with Crippen LogP contribution in [0.2, 0.25) is 0 Å². The van der Waals surface area contributed by atoms with Gasteiger partial charge in [0.2, 0.25) is 10.0 Å². The van der Waals surface area contributed by atoms with Crippen LogP contribution in [0.5, 0.6) is 0 Å². The summed E-state index contributed by atoms with van der Waals surface area (Å²) < 4.78 is 32.4. The van der Waals surface area contributed by atoms with Crippen molar-refractivity contribution in [2.75, 3.05) is 18.5 Å². The second-order valence-corrected chi connectivity index (χ2v) is 6.49. The Hall–Kier alpha value is -1.18. The average Bonchev–Trinajstić information content (AvgIpc) is 2.37. The third-order valence-electron chi connectivity index (χ3n) is 3.22. The zero-order valence-corrected chi connectivity index (χ0v) is 12.6. The highest BCUT2D eigenvalue weighted by molar-refractivity contribution is 7.89. The molecule has 0 amide bonds. The van der Waals surface area contributed by atoms with Crippen LogP contribution in [0.15, 0.2) is 23.2 Å². The van der Waals surface area contributed by atoms with Crippen LogP contribution in [-0.4, -0.2) is 38.7 Å². The molecule has 1 aromatic heterocycles. The lowest BCUT2D eigenvalue weighted by Crippen LogP contribution is -2.47. The van der Waals surface area contributed by atoms with E-state index in [1.165, 1.54) is 6.20 Å². The molecule has 0 aliphatic heterocycles. The smallest absolute Gasteiger partial charge is 0.242 e. The molecule has 2 N–H and O–H groups in total. The van der Waals surface area contributed by atoms with E-state index in [0.717, 1.165) is 19.4 Å². The minimum absolute atomic E-state index is 0.0370. The highest BCUT2D eigenvalue weighted by Gasteiger charge is 2.33. The van der Waals surface area contributed by atoms with E-state index in [4.69, 9.17) is 4.74 Å². The average molecular weight is 299 g/mol. The zero-order chi connectivity index (χ0) is 14.6. The molecule has 1 fully saturated rings. The first-order chi connectivity index (χ1) is 9.55. The SMILES string of the molecule is CCNc1ccc(S(=O)(=O)NC2CC(OCC)C2)cn1. The molecule has 0 radical (unpaired) electrons. The summed E-state index contributed by atoms with van der Waals surface area (Å²) in [6, 6.07) is 3.19. The predicted octanol–water partition coefficient (Wildman–Crippen LogP) is 1.36. The minimum atomic E-state index is -3.49. The van der Waals surface area contributed by atoms with Crippen molar-refractivity contribution in [1.82, 2.24) is 9.71 Å². The summed E-state index contributed by atoms with van der Waals surface area (Å²) in [5.41, 5.74) is 0. The Kier molecular flexibility index (Phi) is 4.95. The molecule has 1 saturated carbocycles. The number of pyridine rings is 1. The largest absolute Gasteiger partial charge is 0.378 e. The lowest BCUT2D eigenvalue weighted by atomic mass is 9.90. The molecule has 0 unspecified atom stereocenters. The topological polar surface area (TPSA) is 80.3 Å². The van der Waals surface area contributed by atoms with Crippen LogP contribution < -0.4 is 10.0 Å². The Labute approximate surface area is 120 Å². The molecule has 1 heterocycles. The third kappa shape index (κ3) is 3.68. The molecular formula is C13H21N3O3S. The quantitative estimate of drug-likeness (QED) is 0.794. The second-order valence-electron chi connectivity index (χ2n) is 4.78. The molecule has 7 heteroatoms. The minimum Gasteiger partial charge on any atom is -0.378 e. The van der Waals surface area contributed by atoms with Crippen molar-refractivity contribution in [1.29, 1.82) is 0 Å². The monoisotopic (exact) mass is 299 g/mol. The maximum atomic E-state index is 12.2. The van der Waals surface area contributed by atoms with Gasteiger partial charge in [0.1, 0.15) is 10.7 Å². The number of sulfonamides is 1. The van der Waals surface area contributed by atoms with Crippen molar-refractivity contribution in [3.63, 3.8) is 0 Å². The van der Waals surface area contributed by atoms with Crippen molar-refractivity contribution in [2.45, 2.75) is 43.7 Å². The molecule has 1 aromatic rings. The van der Waals surface area contributed by atoms with Gasteiger partial charge >= 0.3 is 0 Å². The Morgan fingerprint density at radius 2 is 2.10 bits per heavy atom. The van der Waals surface area contributed by atoms with E-state index in [-0.39, 0.29) is 17.0 Å². The van der Waals surface area contributed by atoms with E-state index in [0.29, 0.717) is 12.4 Å². The second kappa shape index (κ2) is 6.51. The van der Waals surface area contributed by atoms with Gasteiger partial charge in [-0.3, -0.25) is 0 Å². The number of anilines is 1. The van der Waals surface area contributed by atoms with E-state index >= 15 is 0 Å². The Morgan fingerprint density at radius 1 is 1.35 bits per heavy atom. The fourth-order valence-corrected chi connectivity index (χ4v) is 3.35. The maximum Gasteiger partial charge on any atom is 0.242 e. The first-order valence-electron chi connectivity index (χ1n) is 6.89. The summed E-state index contributed by atoms with van der Waals surface area (Å²) in [4.78, 5) is 4.27.